The van der Waals surface area contributed by atoms with Crippen LogP contribution in [-0.4, -0.2) is 34.6 Å². The molecule has 0 aromatic carbocycles. The Morgan fingerprint density at radius 1 is 1.60 bits per heavy atom. The van der Waals surface area contributed by atoms with Gasteiger partial charge >= 0.3 is 23.1 Å². The van der Waals surface area contributed by atoms with E-state index in [4.69, 9.17) is 9.90 Å². The standard InChI is InChI=1S/C5H11.CH2O2.BrH.Mg/c1-4-5(2)3;2-1-3;;/h5H,1,4H2,2-3H3;1H,(H,2,3);1H;/q-1;;;+2/p-1. The van der Waals surface area contributed by atoms with E-state index in [2.05, 4.69) is 20.8 Å². The molecular formula is C6H13BrMgO2. The van der Waals surface area contributed by atoms with Gasteiger partial charge in [0.05, 0.1) is 0 Å². The van der Waals surface area contributed by atoms with Crippen molar-refractivity contribution in [1.82, 2.24) is 0 Å². The van der Waals surface area contributed by atoms with Gasteiger partial charge in [0.1, 0.15) is 0 Å². The largest absolute Gasteiger partial charge is 2.00 e. The molecule has 0 spiro atoms. The van der Waals surface area contributed by atoms with Gasteiger partial charge in [0.25, 0.3) is 6.47 Å². The third kappa shape index (κ3) is 70.3. The molecule has 0 amide bonds. The van der Waals surface area contributed by atoms with Crippen LogP contribution in [0.2, 0.25) is 0 Å². The predicted molar refractivity (Wildman–Crippen MR) is 39.3 cm³/mol. The normalized spacial score (nSPS) is 6.00. The molecule has 0 saturated heterocycles. The van der Waals surface area contributed by atoms with E-state index in [1.54, 1.807) is 0 Å². The van der Waals surface area contributed by atoms with Gasteiger partial charge < -0.3 is 29.0 Å². The van der Waals surface area contributed by atoms with Gasteiger partial charge in [-0.15, -0.1) is 0 Å². The van der Waals surface area contributed by atoms with Gasteiger partial charge in [-0.2, -0.15) is 6.42 Å². The van der Waals surface area contributed by atoms with E-state index in [0.717, 1.165) is 12.3 Å². The summed E-state index contributed by atoms with van der Waals surface area (Å²) in [5, 5.41) is 6.89. The summed E-state index contributed by atoms with van der Waals surface area (Å²) in [6.07, 6.45) is 1.06. The zero-order valence-corrected chi connectivity index (χ0v) is 9.51. The molecule has 0 aromatic rings. The van der Waals surface area contributed by atoms with Gasteiger partial charge in [0, 0.05) is 0 Å². The van der Waals surface area contributed by atoms with Gasteiger partial charge in [0.2, 0.25) is 0 Å². The van der Waals surface area contributed by atoms with Crippen molar-refractivity contribution >= 4 is 29.5 Å². The number of carbonyl (C=O) groups is 1. The summed E-state index contributed by atoms with van der Waals surface area (Å²) in [6.45, 7) is 7.75. The van der Waals surface area contributed by atoms with Crippen molar-refractivity contribution in [2.24, 2.45) is 5.92 Å². The summed E-state index contributed by atoms with van der Waals surface area (Å²) in [4.78, 5) is 8.36. The van der Waals surface area contributed by atoms with Crippen molar-refractivity contribution in [1.29, 1.82) is 0 Å². The summed E-state index contributed by atoms with van der Waals surface area (Å²) in [7, 11) is 0. The number of carboxylic acid groups (broad SMARTS) is 1. The molecule has 0 saturated carbocycles. The molecule has 0 heterocycles. The Bertz CT molecular complexity index is 51.0. The molecule has 1 N–H and O–H groups in total. The number of rotatable bonds is 1. The fraction of sp³-hybridized carbons (Fsp3) is 0.667. The van der Waals surface area contributed by atoms with Crippen molar-refractivity contribution in [3.8, 4) is 0 Å². The van der Waals surface area contributed by atoms with E-state index in [1.807, 2.05) is 0 Å². The Kier molecular flexibility index (Phi) is 50.7. The first kappa shape index (κ1) is 22.4. The van der Waals surface area contributed by atoms with Crippen LogP contribution in [-0.2, 0) is 4.79 Å². The number of hydrogen-bond donors (Lipinski definition) is 1. The summed E-state index contributed by atoms with van der Waals surface area (Å²) >= 11 is 0. The zero-order chi connectivity index (χ0) is 6.99. The molecule has 0 fully saturated rings. The first-order valence-corrected chi connectivity index (χ1v) is 2.56. The minimum absolute atomic E-state index is 0. The van der Waals surface area contributed by atoms with Gasteiger partial charge in [0.15, 0.2) is 0 Å². The zero-order valence-electron chi connectivity index (χ0n) is 6.51. The second-order valence-electron chi connectivity index (χ2n) is 1.79. The summed E-state index contributed by atoms with van der Waals surface area (Å²) in [6, 6.07) is 0. The Balaban J connectivity index is -0.0000000326. The minimum atomic E-state index is -0.250. The van der Waals surface area contributed by atoms with E-state index in [0.29, 0.717) is 0 Å². The van der Waals surface area contributed by atoms with Crippen molar-refractivity contribution in [3.63, 3.8) is 0 Å². The van der Waals surface area contributed by atoms with Gasteiger partial charge in [-0.05, 0) is 0 Å². The maximum Gasteiger partial charge on any atom is 2.00 e. The monoisotopic (exact) mass is 220 g/mol. The molecule has 0 aliphatic rings. The van der Waals surface area contributed by atoms with Crippen molar-refractivity contribution in [2.45, 2.75) is 20.3 Å². The maximum atomic E-state index is 8.36. The predicted octanol–water partition coefficient (Wildman–Crippen LogP) is -1.81. The molecule has 0 bridgehead atoms. The van der Waals surface area contributed by atoms with Gasteiger partial charge in [-0.1, -0.05) is 19.8 Å². The van der Waals surface area contributed by atoms with E-state index in [-0.39, 0.29) is 46.5 Å². The molecule has 2 nitrogen and oxygen atoms in total. The van der Waals surface area contributed by atoms with E-state index < -0.39 is 0 Å². The SMILES string of the molecule is O=CO.[Br-].[CH2-]CC(C)C.[Mg+2]. The maximum absolute atomic E-state index is 8.36. The van der Waals surface area contributed by atoms with Crippen molar-refractivity contribution < 1.29 is 26.9 Å². The molecule has 0 unspecified atom stereocenters. The van der Waals surface area contributed by atoms with Crippen LogP contribution in [0.5, 0.6) is 0 Å². The fourth-order valence-corrected chi connectivity index (χ4v) is 0. The number of halogens is 1. The first-order valence-electron chi connectivity index (χ1n) is 2.56. The molecule has 0 aliphatic carbocycles. The topological polar surface area (TPSA) is 37.3 Å². The first-order chi connectivity index (χ1) is 3.68. The molecule has 0 aromatic heterocycles. The van der Waals surface area contributed by atoms with E-state index in [1.165, 1.54) is 0 Å². The average molecular weight is 221 g/mol. The van der Waals surface area contributed by atoms with E-state index in [9.17, 15) is 0 Å². The van der Waals surface area contributed by atoms with Crippen molar-refractivity contribution in [3.05, 3.63) is 6.92 Å². The second-order valence-corrected chi connectivity index (χ2v) is 1.79. The van der Waals surface area contributed by atoms with Gasteiger partial charge in [-0.25, -0.2) is 0 Å². The molecule has 0 atom stereocenters. The Morgan fingerprint density at radius 3 is 1.70 bits per heavy atom. The molecule has 10 heavy (non-hydrogen) atoms. The molecule has 0 radical (unpaired) electrons. The minimum Gasteiger partial charge on any atom is -1.00 e. The van der Waals surface area contributed by atoms with E-state index >= 15 is 0 Å². The summed E-state index contributed by atoms with van der Waals surface area (Å²) in [5.74, 6) is 0.773. The molecule has 0 rings (SSSR count). The molecule has 4 heteroatoms. The second kappa shape index (κ2) is 22.6. The van der Waals surface area contributed by atoms with Crippen LogP contribution < -0.4 is 17.0 Å². The third-order valence-electron chi connectivity index (χ3n) is 0.577. The Labute approximate surface area is 89.3 Å². The molecular weight excluding hydrogens is 208 g/mol. The molecule has 0 aliphatic heterocycles. The van der Waals surface area contributed by atoms with Crippen LogP contribution in [0.1, 0.15) is 20.3 Å². The number of hydrogen-bond acceptors (Lipinski definition) is 1. The Hall–Kier alpha value is 0.716. The van der Waals surface area contributed by atoms with Crippen LogP contribution in [0.3, 0.4) is 0 Å². The van der Waals surface area contributed by atoms with Crippen LogP contribution in [0.25, 0.3) is 0 Å². The van der Waals surface area contributed by atoms with Crippen LogP contribution in [0.4, 0.5) is 0 Å². The van der Waals surface area contributed by atoms with Crippen LogP contribution in [0, 0.1) is 12.8 Å². The molecule has 58 valence electrons. The summed E-state index contributed by atoms with van der Waals surface area (Å²) in [5.41, 5.74) is 0. The smallest absolute Gasteiger partial charge is 1.00 e. The average Bonchev–Trinajstić information content (AvgIpc) is 1.69. The van der Waals surface area contributed by atoms with Crippen LogP contribution in [0.15, 0.2) is 0 Å². The summed E-state index contributed by atoms with van der Waals surface area (Å²) < 4.78 is 0. The Morgan fingerprint density at radius 2 is 1.70 bits per heavy atom. The van der Waals surface area contributed by atoms with Crippen molar-refractivity contribution in [2.75, 3.05) is 0 Å². The van der Waals surface area contributed by atoms with Gasteiger partial charge in [-0.3, -0.25) is 4.79 Å². The third-order valence-corrected chi connectivity index (χ3v) is 0.577. The van der Waals surface area contributed by atoms with Crippen LogP contribution >= 0.6 is 0 Å². The quantitative estimate of drug-likeness (QED) is 0.322. The fourth-order valence-electron chi connectivity index (χ4n) is 0.